The maximum Gasteiger partial charge on any atom is 0.337 e. The minimum absolute atomic E-state index is 0.0375. The molecule has 1 saturated heterocycles. The summed E-state index contributed by atoms with van der Waals surface area (Å²) < 4.78 is 6.52. The van der Waals surface area contributed by atoms with Crippen LogP contribution in [0.1, 0.15) is 21.5 Å². The number of benzene rings is 3. The van der Waals surface area contributed by atoms with Crippen molar-refractivity contribution in [1.82, 2.24) is 14.4 Å². The summed E-state index contributed by atoms with van der Waals surface area (Å²) in [5.74, 6) is -0.364. The van der Waals surface area contributed by atoms with Crippen molar-refractivity contribution < 1.29 is 19.4 Å². The zero-order valence-corrected chi connectivity index (χ0v) is 23.9. The number of methoxy groups -OCH3 is 1. The predicted molar refractivity (Wildman–Crippen MR) is 161 cm³/mol. The van der Waals surface area contributed by atoms with Crippen LogP contribution in [0.4, 0.5) is 11.4 Å². The molecular formula is C32H35N5O4. The molecule has 9 nitrogen and oxygen atoms in total. The molecule has 1 aliphatic heterocycles. The van der Waals surface area contributed by atoms with Crippen molar-refractivity contribution in [1.29, 1.82) is 0 Å². The molecule has 4 aromatic rings. The lowest BCUT2D eigenvalue weighted by Gasteiger charge is -2.32. The van der Waals surface area contributed by atoms with Crippen LogP contribution in [0.2, 0.25) is 0 Å². The summed E-state index contributed by atoms with van der Waals surface area (Å²) in [5.41, 5.74) is 4.52. The number of aromatic nitrogens is 1. The molecule has 9 heteroatoms. The molecule has 1 aromatic heterocycles. The molecule has 1 amide bonds. The first-order valence-corrected chi connectivity index (χ1v) is 13.6. The number of esters is 1. The Morgan fingerprint density at radius 2 is 1.61 bits per heavy atom. The first-order valence-electron chi connectivity index (χ1n) is 13.6. The highest BCUT2D eigenvalue weighted by molar-refractivity contribution is 6.22. The molecule has 1 aliphatic rings. The molecule has 41 heavy (non-hydrogen) atoms. The fourth-order valence-electron chi connectivity index (χ4n) is 5.09. The average Bonchev–Trinajstić information content (AvgIpc) is 3.25. The van der Waals surface area contributed by atoms with E-state index in [2.05, 4.69) is 16.8 Å². The van der Waals surface area contributed by atoms with E-state index < -0.39 is 5.97 Å². The second-order valence-corrected chi connectivity index (χ2v) is 10.4. The number of amides is 1. The van der Waals surface area contributed by atoms with Crippen molar-refractivity contribution in [3.63, 3.8) is 0 Å². The minimum Gasteiger partial charge on any atom is -0.494 e. The van der Waals surface area contributed by atoms with Crippen molar-refractivity contribution in [2.45, 2.75) is 0 Å². The number of aromatic hydroxyl groups is 1. The average molecular weight is 554 g/mol. The summed E-state index contributed by atoms with van der Waals surface area (Å²) in [6, 6.07) is 22.4. The Hall–Kier alpha value is -4.47. The van der Waals surface area contributed by atoms with Gasteiger partial charge in [-0.3, -0.25) is 9.69 Å². The summed E-state index contributed by atoms with van der Waals surface area (Å²) in [6.45, 7) is 4.09. The third-order valence-electron chi connectivity index (χ3n) is 7.68. The molecule has 3 aromatic carbocycles. The highest BCUT2D eigenvalue weighted by Crippen LogP contribution is 2.34. The maximum absolute atomic E-state index is 13.0. The van der Waals surface area contributed by atoms with Crippen LogP contribution < -0.4 is 4.90 Å². The fraction of sp³-hybridized carbons (Fsp3) is 0.281. The summed E-state index contributed by atoms with van der Waals surface area (Å²) in [4.78, 5) is 36.2. The van der Waals surface area contributed by atoms with Gasteiger partial charge >= 0.3 is 5.97 Å². The molecule has 1 fully saturated rings. The van der Waals surface area contributed by atoms with Gasteiger partial charge in [-0.1, -0.05) is 36.4 Å². The van der Waals surface area contributed by atoms with Gasteiger partial charge in [-0.25, -0.2) is 9.79 Å². The molecular weight excluding hydrogens is 518 g/mol. The number of hydrogen-bond donors (Lipinski definition) is 1. The van der Waals surface area contributed by atoms with E-state index in [-0.39, 0.29) is 11.8 Å². The lowest BCUT2D eigenvalue weighted by Crippen LogP contribution is -2.48. The largest absolute Gasteiger partial charge is 0.494 e. The number of aliphatic imine (C=N–C) groups is 1. The Balaban J connectivity index is 1.47. The minimum atomic E-state index is -0.446. The van der Waals surface area contributed by atoms with Gasteiger partial charge in [-0.05, 0) is 43.4 Å². The van der Waals surface area contributed by atoms with Gasteiger partial charge in [-0.15, -0.1) is 0 Å². The van der Waals surface area contributed by atoms with E-state index in [1.165, 1.54) is 7.11 Å². The molecule has 0 bridgehead atoms. The molecule has 212 valence electrons. The van der Waals surface area contributed by atoms with Gasteiger partial charge in [0.15, 0.2) is 0 Å². The maximum atomic E-state index is 13.0. The van der Waals surface area contributed by atoms with E-state index in [1.807, 2.05) is 54.6 Å². The number of likely N-dealkylation sites (N-methyl/N-ethyl adjacent to an activating group) is 2. The summed E-state index contributed by atoms with van der Waals surface area (Å²) in [5, 5.41) is 12.0. The van der Waals surface area contributed by atoms with Crippen LogP contribution in [0, 0.1) is 0 Å². The quantitative estimate of drug-likeness (QED) is 0.274. The number of nitrogens with zero attached hydrogens (tertiary/aromatic N) is 5. The standard InChI is InChI=1S/C32H35N5O4/c1-34-16-18-37(19-17-34)21-28(38)35(2)25-13-11-24(12-14-25)33-30(22-8-6-5-7-9-22)29-26-15-10-23(32(40)41-4)20-27(26)36(3)31(29)39/h5-15,20,39H,16-19,21H2,1-4H3. The molecule has 0 radical (unpaired) electrons. The van der Waals surface area contributed by atoms with Gasteiger partial charge in [0.2, 0.25) is 11.8 Å². The number of carbonyl (C=O) groups excluding carboxylic acids is 2. The fourth-order valence-corrected chi connectivity index (χ4v) is 5.09. The lowest BCUT2D eigenvalue weighted by atomic mass is 10.00. The topological polar surface area (TPSA) is 90.6 Å². The predicted octanol–water partition coefficient (Wildman–Crippen LogP) is 4.05. The summed E-state index contributed by atoms with van der Waals surface area (Å²) in [6.07, 6.45) is 0. The molecule has 0 unspecified atom stereocenters. The molecule has 0 atom stereocenters. The molecule has 5 rings (SSSR count). The van der Waals surface area contributed by atoms with Crippen LogP contribution in [-0.2, 0) is 16.6 Å². The normalized spacial score (nSPS) is 14.8. The number of piperazine rings is 1. The second-order valence-electron chi connectivity index (χ2n) is 10.4. The zero-order valence-electron chi connectivity index (χ0n) is 23.9. The first kappa shape index (κ1) is 28.1. The van der Waals surface area contributed by atoms with E-state index >= 15 is 0 Å². The first-order chi connectivity index (χ1) is 19.8. The van der Waals surface area contributed by atoms with Crippen LogP contribution in [0.25, 0.3) is 10.9 Å². The van der Waals surface area contributed by atoms with Crippen molar-refractivity contribution in [2.24, 2.45) is 12.0 Å². The van der Waals surface area contributed by atoms with Crippen LogP contribution >= 0.6 is 0 Å². The summed E-state index contributed by atoms with van der Waals surface area (Å²) >= 11 is 0. The van der Waals surface area contributed by atoms with E-state index in [4.69, 9.17) is 9.73 Å². The highest BCUT2D eigenvalue weighted by Gasteiger charge is 2.23. The van der Waals surface area contributed by atoms with E-state index in [0.717, 1.165) is 42.8 Å². The number of anilines is 1. The van der Waals surface area contributed by atoms with Gasteiger partial charge in [0.1, 0.15) is 0 Å². The molecule has 2 heterocycles. The molecule has 1 N–H and O–H groups in total. The number of carbonyl (C=O) groups is 2. The van der Waals surface area contributed by atoms with E-state index in [9.17, 15) is 14.7 Å². The Kier molecular flexibility index (Phi) is 8.19. The smallest absolute Gasteiger partial charge is 0.337 e. The molecule has 0 spiro atoms. The van der Waals surface area contributed by atoms with Crippen molar-refractivity contribution in [3.05, 3.63) is 89.5 Å². The Morgan fingerprint density at radius 3 is 2.27 bits per heavy atom. The van der Waals surface area contributed by atoms with Gasteiger partial charge in [0, 0.05) is 56.9 Å². The van der Waals surface area contributed by atoms with Gasteiger partial charge in [0.25, 0.3) is 0 Å². The lowest BCUT2D eigenvalue weighted by molar-refractivity contribution is -0.119. The second kappa shape index (κ2) is 12.0. The Morgan fingerprint density at radius 1 is 0.927 bits per heavy atom. The van der Waals surface area contributed by atoms with Crippen molar-refractivity contribution in [2.75, 3.05) is 58.8 Å². The third-order valence-corrected chi connectivity index (χ3v) is 7.68. The van der Waals surface area contributed by atoms with Crippen molar-refractivity contribution >= 4 is 39.9 Å². The van der Waals surface area contributed by atoms with Crippen LogP contribution in [0.15, 0.2) is 77.8 Å². The van der Waals surface area contributed by atoms with Gasteiger partial charge in [-0.2, -0.15) is 0 Å². The number of fused-ring (bicyclic) bond motifs is 1. The SMILES string of the molecule is COC(=O)c1ccc2c(C(=Nc3ccc(N(C)C(=O)CN4CCN(C)CC4)cc3)c3ccccc3)c(O)n(C)c2c1. The van der Waals surface area contributed by atoms with Crippen LogP contribution in [0.5, 0.6) is 5.88 Å². The number of aryl methyl sites for hydroxylation is 1. The van der Waals surface area contributed by atoms with E-state index in [1.54, 1.807) is 41.8 Å². The van der Waals surface area contributed by atoms with E-state index in [0.29, 0.717) is 34.6 Å². The zero-order chi connectivity index (χ0) is 29.1. The van der Waals surface area contributed by atoms with Crippen LogP contribution in [0.3, 0.4) is 0 Å². The van der Waals surface area contributed by atoms with Gasteiger partial charge < -0.3 is 24.2 Å². The monoisotopic (exact) mass is 553 g/mol. The number of hydrogen-bond acceptors (Lipinski definition) is 7. The van der Waals surface area contributed by atoms with Crippen LogP contribution in [-0.4, -0.2) is 91.0 Å². The Labute approximate surface area is 239 Å². The van der Waals surface area contributed by atoms with Crippen molar-refractivity contribution in [3.8, 4) is 5.88 Å². The third kappa shape index (κ3) is 5.86. The molecule has 0 aliphatic carbocycles. The Bertz CT molecular complexity index is 1590. The summed E-state index contributed by atoms with van der Waals surface area (Å²) in [7, 11) is 6.98. The number of ether oxygens (including phenoxy) is 1. The van der Waals surface area contributed by atoms with Gasteiger partial charge in [0.05, 0.1) is 41.7 Å². The number of rotatable bonds is 7. The molecule has 0 saturated carbocycles. The highest BCUT2D eigenvalue weighted by atomic mass is 16.5.